The van der Waals surface area contributed by atoms with Crippen molar-refractivity contribution in [3.8, 4) is 17.0 Å². The number of benzene rings is 2. The fourth-order valence-corrected chi connectivity index (χ4v) is 3.51. The molecular formula is C21H15N5O3S. The lowest BCUT2D eigenvalue weighted by molar-refractivity contribution is -0.384. The number of phenolic OH excluding ortho intramolecular Hbond substituents is 1. The summed E-state index contributed by atoms with van der Waals surface area (Å²) in [5.41, 5.74) is 3.02. The van der Waals surface area contributed by atoms with Gasteiger partial charge in [-0.15, -0.1) is 11.3 Å². The lowest BCUT2D eigenvalue weighted by atomic mass is 10.1. The Balaban J connectivity index is 1.81. The van der Waals surface area contributed by atoms with Crippen molar-refractivity contribution in [2.75, 3.05) is 0 Å². The Labute approximate surface area is 174 Å². The van der Waals surface area contributed by atoms with E-state index in [0.717, 1.165) is 16.8 Å². The quantitative estimate of drug-likeness (QED) is 0.296. The lowest BCUT2D eigenvalue weighted by Crippen LogP contribution is -2.11. The summed E-state index contributed by atoms with van der Waals surface area (Å²) in [5.74, 6) is 0.175. The number of hydrogen-bond donors (Lipinski definition) is 1. The van der Waals surface area contributed by atoms with E-state index in [1.165, 1.54) is 23.5 Å². The molecule has 4 rings (SSSR count). The van der Waals surface area contributed by atoms with E-state index in [1.807, 2.05) is 11.4 Å². The predicted octanol–water partition coefficient (Wildman–Crippen LogP) is 4.34. The SMILES string of the molecule is O=[N+]([O-])c1ccc(-c2csc(=Nc3cccnc3)n2N=Cc2ccc(O)cc2)cc1. The van der Waals surface area contributed by atoms with Gasteiger partial charge in [-0.2, -0.15) is 5.10 Å². The van der Waals surface area contributed by atoms with Gasteiger partial charge >= 0.3 is 0 Å². The Hall–Kier alpha value is -4.11. The maximum atomic E-state index is 10.9. The minimum absolute atomic E-state index is 0.0217. The predicted molar refractivity (Wildman–Crippen MR) is 115 cm³/mol. The molecular weight excluding hydrogens is 402 g/mol. The van der Waals surface area contributed by atoms with Crippen LogP contribution in [0.5, 0.6) is 5.75 Å². The smallest absolute Gasteiger partial charge is 0.269 e. The van der Waals surface area contributed by atoms with Crippen LogP contribution in [0.25, 0.3) is 11.3 Å². The van der Waals surface area contributed by atoms with Gasteiger partial charge in [-0.05, 0) is 54.1 Å². The molecule has 4 aromatic rings. The number of aromatic hydroxyl groups is 1. The van der Waals surface area contributed by atoms with Crippen LogP contribution in [0.3, 0.4) is 0 Å². The molecule has 2 aromatic carbocycles. The molecule has 0 amide bonds. The van der Waals surface area contributed by atoms with Crippen molar-refractivity contribution in [3.63, 3.8) is 0 Å². The number of rotatable bonds is 5. The van der Waals surface area contributed by atoms with E-state index >= 15 is 0 Å². The molecule has 0 radical (unpaired) electrons. The van der Waals surface area contributed by atoms with Crippen molar-refractivity contribution < 1.29 is 10.0 Å². The van der Waals surface area contributed by atoms with Crippen molar-refractivity contribution in [2.45, 2.75) is 0 Å². The van der Waals surface area contributed by atoms with Crippen molar-refractivity contribution in [2.24, 2.45) is 10.1 Å². The standard InChI is InChI=1S/C21H15N5O3S/c27-19-9-3-15(4-10-19)12-23-25-20(16-5-7-18(8-6-16)26(28)29)14-30-21(25)24-17-2-1-11-22-13-17/h1-14,27H. The number of non-ortho nitro benzene ring substituents is 1. The van der Waals surface area contributed by atoms with Gasteiger partial charge in [0, 0.05) is 29.3 Å². The molecule has 0 fully saturated rings. The Morgan fingerprint density at radius 2 is 1.87 bits per heavy atom. The zero-order chi connectivity index (χ0) is 20.9. The number of hydrogen-bond acceptors (Lipinski definition) is 7. The summed E-state index contributed by atoms with van der Waals surface area (Å²) in [4.78, 5) is 19.8. The number of nitrogens with zero attached hydrogens (tertiary/aromatic N) is 5. The summed E-state index contributed by atoms with van der Waals surface area (Å²) in [6.45, 7) is 0. The van der Waals surface area contributed by atoms with Crippen molar-refractivity contribution >= 4 is 28.9 Å². The van der Waals surface area contributed by atoms with Gasteiger partial charge in [-0.25, -0.2) is 9.67 Å². The number of thiazole rings is 1. The van der Waals surface area contributed by atoms with Gasteiger partial charge in [0.1, 0.15) is 5.75 Å². The van der Waals surface area contributed by atoms with Gasteiger partial charge in [0.25, 0.3) is 5.69 Å². The average molecular weight is 417 g/mol. The third kappa shape index (κ3) is 4.31. The zero-order valence-electron chi connectivity index (χ0n) is 15.5. The molecule has 1 N–H and O–H groups in total. The van der Waals surface area contributed by atoms with Crippen LogP contribution < -0.4 is 4.80 Å². The molecule has 2 heterocycles. The molecule has 2 aromatic heterocycles. The van der Waals surface area contributed by atoms with Gasteiger partial charge < -0.3 is 5.11 Å². The first-order chi connectivity index (χ1) is 14.6. The monoisotopic (exact) mass is 417 g/mol. The molecule has 0 saturated heterocycles. The molecule has 0 aliphatic heterocycles. The first-order valence-corrected chi connectivity index (χ1v) is 9.71. The molecule has 0 atom stereocenters. The first-order valence-electron chi connectivity index (χ1n) is 8.84. The number of nitro benzene ring substituents is 1. The number of nitro groups is 1. The van der Waals surface area contributed by atoms with Crippen LogP contribution in [0, 0.1) is 10.1 Å². The Morgan fingerprint density at radius 1 is 1.10 bits per heavy atom. The molecule has 0 bridgehead atoms. The van der Waals surface area contributed by atoms with Crippen LogP contribution in [0.1, 0.15) is 5.56 Å². The van der Waals surface area contributed by atoms with Gasteiger partial charge in [-0.1, -0.05) is 0 Å². The summed E-state index contributed by atoms with van der Waals surface area (Å²) in [6.07, 6.45) is 4.98. The Bertz CT molecular complexity index is 1260. The number of aromatic nitrogens is 2. The molecule has 148 valence electrons. The number of phenols is 1. The molecule has 30 heavy (non-hydrogen) atoms. The molecule has 0 saturated carbocycles. The van der Waals surface area contributed by atoms with Crippen molar-refractivity contribution in [1.82, 2.24) is 9.66 Å². The van der Waals surface area contributed by atoms with Crippen LogP contribution in [-0.2, 0) is 0 Å². The van der Waals surface area contributed by atoms with Crippen LogP contribution in [-0.4, -0.2) is 25.9 Å². The lowest BCUT2D eigenvalue weighted by Gasteiger charge is -2.04. The average Bonchev–Trinajstić information content (AvgIpc) is 3.16. The van der Waals surface area contributed by atoms with Gasteiger partial charge in [0.2, 0.25) is 4.80 Å². The molecule has 0 aliphatic carbocycles. The number of pyridine rings is 1. The normalized spacial score (nSPS) is 11.8. The van der Waals surface area contributed by atoms with E-state index < -0.39 is 4.92 Å². The van der Waals surface area contributed by atoms with Gasteiger partial charge in [-0.3, -0.25) is 15.1 Å². The second-order valence-corrected chi connectivity index (χ2v) is 7.01. The van der Waals surface area contributed by atoms with Crippen LogP contribution in [0.4, 0.5) is 11.4 Å². The fraction of sp³-hybridized carbons (Fsp3) is 0. The second kappa shape index (κ2) is 8.50. The summed E-state index contributed by atoms with van der Waals surface area (Å²) < 4.78 is 1.67. The van der Waals surface area contributed by atoms with E-state index in [9.17, 15) is 15.2 Å². The molecule has 9 heteroatoms. The highest BCUT2D eigenvalue weighted by Crippen LogP contribution is 2.23. The summed E-state index contributed by atoms with van der Waals surface area (Å²) in [6, 6.07) is 16.6. The van der Waals surface area contributed by atoms with Crippen molar-refractivity contribution in [1.29, 1.82) is 0 Å². The fourth-order valence-electron chi connectivity index (χ4n) is 2.66. The summed E-state index contributed by atoms with van der Waals surface area (Å²) in [7, 11) is 0. The topological polar surface area (TPSA) is 106 Å². The van der Waals surface area contributed by atoms with E-state index in [1.54, 1.807) is 65.7 Å². The third-order valence-corrected chi connectivity index (χ3v) is 4.96. The first kappa shape index (κ1) is 19.2. The van der Waals surface area contributed by atoms with E-state index in [2.05, 4.69) is 15.1 Å². The minimum Gasteiger partial charge on any atom is -0.508 e. The zero-order valence-corrected chi connectivity index (χ0v) is 16.3. The minimum atomic E-state index is -0.433. The van der Waals surface area contributed by atoms with Crippen LogP contribution in [0.2, 0.25) is 0 Å². The van der Waals surface area contributed by atoms with Crippen LogP contribution >= 0.6 is 11.3 Å². The Morgan fingerprint density at radius 3 is 2.53 bits per heavy atom. The maximum absolute atomic E-state index is 10.9. The highest BCUT2D eigenvalue weighted by molar-refractivity contribution is 7.07. The van der Waals surface area contributed by atoms with Gasteiger partial charge in [0.05, 0.1) is 28.7 Å². The summed E-state index contributed by atoms with van der Waals surface area (Å²) >= 11 is 1.39. The van der Waals surface area contributed by atoms with E-state index in [-0.39, 0.29) is 11.4 Å². The Kier molecular flexibility index (Phi) is 5.44. The summed E-state index contributed by atoms with van der Waals surface area (Å²) in [5, 5.41) is 26.9. The second-order valence-electron chi connectivity index (χ2n) is 6.18. The highest BCUT2D eigenvalue weighted by Gasteiger charge is 2.10. The van der Waals surface area contributed by atoms with Crippen LogP contribution in [0.15, 0.2) is 88.5 Å². The van der Waals surface area contributed by atoms with E-state index in [0.29, 0.717) is 10.5 Å². The van der Waals surface area contributed by atoms with E-state index in [4.69, 9.17) is 0 Å². The molecule has 0 aliphatic rings. The maximum Gasteiger partial charge on any atom is 0.269 e. The third-order valence-electron chi connectivity index (χ3n) is 4.15. The molecule has 0 unspecified atom stereocenters. The highest BCUT2D eigenvalue weighted by atomic mass is 32.1. The molecule has 8 nitrogen and oxygen atoms in total. The largest absolute Gasteiger partial charge is 0.508 e. The van der Waals surface area contributed by atoms with Crippen molar-refractivity contribution in [3.05, 3.63) is 98.9 Å². The molecule has 0 spiro atoms. The van der Waals surface area contributed by atoms with Gasteiger partial charge in [0.15, 0.2) is 0 Å².